The van der Waals surface area contributed by atoms with Crippen LogP contribution in [0.2, 0.25) is 0 Å². The zero-order chi connectivity index (χ0) is 12.5. The SMILES string of the molecule is Fc1ccc2c(c1)N(c1ccc(CCl)cn1)CC2. The topological polar surface area (TPSA) is 16.1 Å². The van der Waals surface area contributed by atoms with E-state index in [1.165, 1.54) is 11.6 Å². The summed E-state index contributed by atoms with van der Waals surface area (Å²) in [5.74, 6) is 1.09. The molecule has 4 heteroatoms. The summed E-state index contributed by atoms with van der Waals surface area (Å²) in [6, 6.07) is 8.80. The minimum atomic E-state index is -0.210. The molecular formula is C14H12ClFN2. The molecular weight excluding hydrogens is 251 g/mol. The predicted molar refractivity (Wildman–Crippen MR) is 70.9 cm³/mol. The second kappa shape index (κ2) is 4.58. The van der Waals surface area contributed by atoms with E-state index in [4.69, 9.17) is 11.6 Å². The van der Waals surface area contributed by atoms with Gasteiger partial charge in [-0.15, -0.1) is 11.6 Å². The molecule has 0 fully saturated rings. The molecule has 0 amide bonds. The number of hydrogen-bond donors (Lipinski definition) is 0. The molecule has 92 valence electrons. The fraction of sp³-hybridized carbons (Fsp3) is 0.214. The summed E-state index contributed by atoms with van der Waals surface area (Å²) in [7, 11) is 0. The highest BCUT2D eigenvalue weighted by molar-refractivity contribution is 6.17. The number of alkyl halides is 1. The van der Waals surface area contributed by atoms with Crippen molar-refractivity contribution in [3.63, 3.8) is 0 Å². The van der Waals surface area contributed by atoms with Crippen LogP contribution in [0.1, 0.15) is 11.1 Å². The molecule has 0 aliphatic carbocycles. The van der Waals surface area contributed by atoms with E-state index < -0.39 is 0 Å². The second-order valence-corrected chi connectivity index (χ2v) is 4.60. The van der Waals surface area contributed by atoms with Crippen molar-refractivity contribution in [2.75, 3.05) is 11.4 Å². The van der Waals surface area contributed by atoms with E-state index in [1.807, 2.05) is 23.1 Å². The van der Waals surface area contributed by atoms with Crippen molar-refractivity contribution in [3.05, 3.63) is 53.5 Å². The first-order chi connectivity index (χ1) is 8.78. The fourth-order valence-electron chi connectivity index (χ4n) is 2.25. The summed E-state index contributed by atoms with van der Waals surface area (Å²) in [6.45, 7) is 0.839. The Hall–Kier alpha value is -1.61. The zero-order valence-corrected chi connectivity index (χ0v) is 10.5. The molecule has 1 aliphatic heterocycles. The molecule has 0 saturated heterocycles. The number of rotatable bonds is 2. The Morgan fingerprint density at radius 3 is 2.89 bits per heavy atom. The van der Waals surface area contributed by atoms with Gasteiger partial charge in [0.05, 0.1) is 0 Å². The van der Waals surface area contributed by atoms with Crippen LogP contribution in [0.25, 0.3) is 0 Å². The van der Waals surface area contributed by atoms with E-state index in [0.717, 1.165) is 30.0 Å². The first-order valence-corrected chi connectivity index (χ1v) is 6.38. The van der Waals surface area contributed by atoms with Crippen LogP contribution in [-0.4, -0.2) is 11.5 Å². The van der Waals surface area contributed by atoms with Crippen LogP contribution in [0.3, 0.4) is 0 Å². The van der Waals surface area contributed by atoms with Gasteiger partial charge in [0.15, 0.2) is 0 Å². The highest BCUT2D eigenvalue weighted by atomic mass is 35.5. The molecule has 0 saturated carbocycles. The summed E-state index contributed by atoms with van der Waals surface area (Å²) < 4.78 is 13.3. The van der Waals surface area contributed by atoms with E-state index in [0.29, 0.717) is 5.88 Å². The minimum Gasteiger partial charge on any atom is -0.326 e. The van der Waals surface area contributed by atoms with Crippen molar-refractivity contribution in [2.24, 2.45) is 0 Å². The van der Waals surface area contributed by atoms with Crippen LogP contribution in [-0.2, 0) is 12.3 Å². The smallest absolute Gasteiger partial charge is 0.132 e. The molecule has 3 rings (SSSR count). The predicted octanol–water partition coefficient (Wildman–Crippen LogP) is 3.65. The van der Waals surface area contributed by atoms with Crippen LogP contribution < -0.4 is 4.90 Å². The molecule has 0 atom stereocenters. The average Bonchev–Trinajstić information content (AvgIpc) is 2.82. The number of halogens is 2. The molecule has 0 radical (unpaired) electrons. The third-order valence-electron chi connectivity index (χ3n) is 3.18. The Balaban J connectivity index is 1.97. The quantitative estimate of drug-likeness (QED) is 0.768. The van der Waals surface area contributed by atoms with E-state index >= 15 is 0 Å². The van der Waals surface area contributed by atoms with Gasteiger partial charge in [-0.25, -0.2) is 9.37 Å². The number of anilines is 2. The Morgan fingerprint density at radius 1 is 1.28 bits per heavy atom. The number of pyridine rings is 1. The molecule has 1 aliphatic rings. The van der Waals surface area contributed by atoms with E-state index in [1.54, 1.807) is 12.3 Å². The van der Waals surface area contributed by atoms with E-state index in [-0.39, 0.29) is 5.82 Å². The Bertz CT molecular complexity index is 569. The molecule has 2 aromatic rings. The average molecular weight is 263 g/mol. The molecule has 0 unspecified atom stereocenters. The second-order valence-electron chi connectivity index (χ2n) is 4.33. The van der Waals surface area contributed by atoms with Gasteiger partial charge in [-0.05, 0) is 35.7 Å². The Kier molecular flexibility index (Phi) is 2.92. The largest absolute Gasteiger partial charge is 0.326 e. The zero-order valence-electron chi connectivity index (χ0n) is 9.74. The highest BCUT2D eigenvalue weighted by Gasteiger charge is 2.21. The minimum absolute atomic E-state index is 0.210. The van der Waals surface area contributed by atoms with Crippen LogP contribution in [0, 0.1) is 5.82 Å². The van der Waals surface area contributed by atoms with Crippen molar-refractivity contribution >= 4 is 23.1 Å². The maximum Gasteiger partial charge on any atom is 0.132 e. The summed E-state index contributed by atoms with van der Waals surface area (Å²) in [6.07, 6.45) is 2.69. The monoisotopic (exact) mass is 262 g/mol. The van der Waals surface area contributed by atoms with Gasteiger partial charge in [-0.3, -0.25) is 0 Å². The van der Waals surface area contributed by atoms with Crippen LogP contribution in [0.15, 0.2) is 36.5 Å². The maximum absolute atomic E-state index is 13.3. The van der Waals surface area contributed by atoms with Crippen molar-refractivity contribution in [1.29, 1.82) is 0 Å². The van der Waals surface area contributed by atoms with Gasteiger partial charge in [0.25, 0.3) is 0 Å². The van der Waals surface area contributed by atoms with Crippen molar-refractivity contribution in [3.8, 4) is 0 Å². The van der Waals surface area contributed by atoms with Crippen molar-refractivity contribution in [2.45, 2.75) is 12.3 Å². The number of benzene rings is 1. The molecule has 0 spiro atoms. The lowest BCUT2D eigenvalue weighted by Crippen LogP contribution is -2.14. The molecule has 18 heavy (non-hydrogen) atoms. The summed E-state index contributed by atoms with van der Waals surface area (Å²) in [5, 5.41) is 0. The lowest BCUT2D eigenvalue weighted by molar-refractivity contribution is 0.628. The van der Waals surface area contributed by atoms with Crippen molar-refractivity contribution in [1.82, 2.24) is 4.98 Å². The Morgan fingerprint density at radius 2 is 2.17 bits per heavy atom. The summed E-state index contributed by atoms with van der Waals surface area (Å²) in [4.78, 5) is 6.42. The number of fused-ring (bicyclic) bond motifs is 1. The summed E-state index contributed by atoms with van der Waals surface area (Å²) >= 11 is 5.74. The van der Waals surface area contributed by atoms with E-state index in [9.17, 15) is 4.39 Å². The number of hydrogen-bond acceptors (Lipinski definition) is 2. The number of aromatic nitrogens is 1. The van der Waals surface area contributed by atoms with Gasteiger partial charge < -0.3 is 4.90 Å². The van der Waals surface area contributed by atoms with Crippen LogP contribution in [0.5, 0.6) is 0 Å². The van der Waals surface area contributed by atoms with E-state index in [2.05, 4.69) is 4.98 Å². The van der Waals surface area contributed by atoms with Crippen molar-refractivity contribution < 1.29 is 4.39 Å². The van der Waals surface area contributed by atoms with Gasteiger partial charge in [0.1, 0.15) is 11.6 Å². The highest BCUT2D eigenvalue weighted by Crippen LogP contribution is 2.33. The third kappa shape index (κ3) is 1.95. The van der Waals surface area contributed by atoms with Crippen LogP contribution in [0.4, 0.5) is 15.9 Å². The molecule has 1 aromatic carbocycles. The third-order valence-corrected chi connectivity index (χ3v) is 3.49. The van der Waals surface area contributed by atoms with Gasteiger partial charge >= 0.3 is 0 Å². The lowest BCUT2D eigenvalue weighted by Gasteiger charge is -2.18. The molecule has 0 bridgehead atoms. The van der Waals surface area contributed by atoms with Gasteiger partial charge in [0, 0.05) is 24.3 Å². The molecule has 2 nitrogen and oxygen atoms in total. The fourth-order valence-corrected chi connectivity index (χ4v) is 2.40. The molecule has 2 heterocycles. The standard InChI is InChI=1S/C14H12ClFN2/c15-8-10-1-4-14(17-9-10)18-6-5-11-2-3-12(16)7-13(11)18/h1-4,7,9H,5-6,8H2. The Labute approximate surface area is 110 Å². The number of nitrogens with zero attached hydrogens (tertiary/aromatic N) is 2. The van der Waals surface area contributed by atoms with Gasteiger partial charge in [-0.1, -0.05) is 12.1 Å². The molecule has 0 N–H and O–H groups in total. The van der Waals surface area contributed by atoms with Crippen LogP contribution >= 0.6 is 11.6 Å². The van der Waals surface area contributed by atoms with Gasteiger partial charge in [0.2, 0.25) is 0 Å². The molecule has 1 aromatic heterocycles. The normalized spacial score (nSPS) is 13.8. The first kappa shape index (κ1) is 11.5. The van der Waals surface area contributed by atoms with Gasteiger partial charge in [-0.2, -0.15) is 0 Å². The lowest BCUT2D eigenvalue weighted by atomic mass is 10.2. The summed E-state index contributed by atoms with van der Waals surface area (Å²) in [5.41, 5.74) is 3.07. The maximum atomic E-state index is 13.3. The first-order valence-electron chi connectivity index (χ1n) is 5.85.